The summed E-state index contributed by atoms with van der Waals surface area (Å²) in [6, 6.07) is 1.53. The van der Waals surface area contributed by atoms with Gasteiger partial charge in [-0.15, -0.1) is 0 Å². The van der Waals surface area contributed by atoms with Crippen LogP contribution in [0, 0.1) is 6.92 Å². The summed E-state index contributed by atoms with van der Waals surface area (Å²) in [5, 5.41) is 2.50. The van der Waals surface area contributed by atoms with Gasteiger partial charge in [0.1, 0.15) is 17.1 Å². The molecule has 6 nitrogen and oxygen atoms in total. The van der Waals surface area contributed by atoms with Crippen LogP contribution in [0.1, 0.15) is 28.0 Å². The van der Waals surface area contributed by atoms with Gasteiger partial charge in [0.2, 0.25) is 0 Å². The molecule has 1 aromatic rings. The molecule has 0 aromatic carbocycles. The maximum absolute atomic E-state index is 11.3. The third-order valence-electron chi connectivity index (χ3n) is 2.34. The number of hydrogen-bond acceptors (Lipinski definition) is 5. The van der Waals surface area contributed by atoms with Crippen LogP contribution >= 0.6 is 0 Å². The van der Waals surface area contributed by atoms with E-state index < -0.39 is 18.2 Å². The Bertz CT molecular complexity index is 436. The van der Waals surface area contributed by atoms with Crippen LogP contribution < -0.4 is 5.32 Å². The summed E-state index contributed by atoms with van der Waals surface area (Å²) >= 11 is 0. The molecule has 1 aliphatic rings. The molecule has 2 rings (SSSR count). The van der Waals surface area contributed by atoms with E-state index in [0.717, 1.165) is 0 Å². The van der Waals surface area contributed by atoms with Gasteiger partial charge in [-0.1, -0.05) is 0 Å². The number of rotatable bonds is 2. The van der Waals surface area contributed by atoms with Crippen LogP contribution in [0.25, 0.3) is 0 Å². The molecule has 6 heteroatoms. The number of ether oxygens (including phenoxy) is 2. The second-order valence-corrected chi connectivity index (χ2v) is 3.39. The monoisotopic (exact) mass is 225 g/mol. The van der Waals surface area contributed by atoms with Gasteiger partial charge in [-0.05, 0) is 13.0 Å². The molecule has 0 saturated carbocycles. The van der Waals surface area contributed by atoms with Crippen LogP contribution in [0.5, 0.6) is 0 Å². The number of esters is 1. The fourth-order valence-corrected chi connectivity index (χ4v) is 1.52. The average Bonchev–Trinajstić information content (AvgIpc) is 2.83. The normalized spacial score (nSPS) is 19.1. The molecule has 1 unspecified atom stereocenters. The first kappa shape index (κ1) is 10.5. The summed E-state index contributed by atoms with van der Waals surface area (Å²) in [6.07, 6.45) is -0.969. The molecule has 1 atom stereocenters. The van der Waals surface area contributed by atoms with E-state index in [9.17, 15) is 9.59 Å². The largest absolute Gasteiger partial charge is 0.465 e. The summed E-state index contributed by atoms with van der Waals surface area (Å²) < 4.78 is 14.9. The van der Waals surface area contributed by atoms with E-state index in [1.807, 2.05) is 0 Å². The van der Waals surface area contributed by atoms with Crippen molar-refractivity contribution < 1.29 is 23.5 Å². The lowest BCUT2D eigenvalue weighted by Gasteiger charge is -2.01. The van der Waals surface area contributed by atoms with Crippen molar-refractivity contribution in [3.63, 3.8) is 0 Å². The van der Waals surface area contributed by atoms with Crippen LogP contribution in [0.15, 0.2) is 10.5 Å². The molecule has 0 spiro atoms. The number of methoxy groups -OCH3 is 1. The summed E-state index contributed by atoms with van der Waals surface area (Å²) in [5.41, 5.74) is 0.348. The zero-order chi connectivity index (χ0) is 11.7. The Labute approximate surface area is 91.5 Å². The second kappa shape index (κ2) is 3.88. The molecule has 0 aliphatic carbocycles. The molecular weight excluding hydrogens is 214 g/mol. The zero-order valence-corrected chi connectivity index (χ0v) is 8.90. The lowest BCUT2D eigenvalue weighted by atomic mass is 10.2. The van der Waals surface area contributed by atoms with E-state index in [-0.39, 0.29) is 0 Å². The lowest BCUT2D eigenvalue weighted by molar-refractivity contribution is 0.0598. The molecule has 1 amide bonds. The van der Waals surface area contributed by atoms with E-state index in [2.05, 4.69) is 10.1 Å². The van der Waals surface area contributed by atoms with Crippen molar-refractivity contribution in [1.82, 2.24) is 5.32 Å². The summed E-state index contributed by atoms with van der Waals surface area (Å²) in [5.74, 6) is 0.422. The predicted molar refractivity (Wildman–Crippen MR) is 52.0 cm³/mol. The van der Waals surface area contributed by atoms with Crippen LogP contribution in [0.2, 0.25) is 0 Å². The smallest absolute Gasteiger partial charge is 0.408 e. The first-order valence-corrected chi connectivity index (χ1v) is 4.75. The number of amides is 1. The SMILES string of the molecule is COC(=O)c1cc(C2CNC(=O)O2)oc1C. The highest BCUT2D eigenvalue weighted by Gasteiger charge is 2.29. The molecule has 1 aromatic heterocycles. The third-order valence-corrected chi connectivity index (χ3v) is 2.34. The minimum atomic E-state index is -0.487. The predicted octanol–water partition coefficient (Wildman–Crippen LogP) is 1.16. The van der Waals surface area contributed by atoms with Crippen molar-refractivity contribution in [3.05, 3.63) is 23.2 Å². The number of carbonyl (C=O) groups is 2. The van der Waals surface area contributed by atoms with Crippen molar-refractivity contribution >= 4 is 12.1 Å². The molecule has 86 valence electrons. The van der Waals surface area contributed by atoms with Crippen molar-refractivity contribution in [2.45, 2.75) is 13.0 Å². The standard InChI is InChI=1S/C10H11NO5/c1-5-6(9(12)14-2)3-7(15-5)8-4-11-10(13)16-8/h3,8H,4H2,1-2H3,(H,11,13). The van der Waals surface area contributed by atoms with E-state index in [1.54, 1.807) is 6.92 Å². The van der Waals surface area contributed by atoms with Crippen molar-refractivity contribution in [3.8, 4) is 0 Å². The molecule has 1 N–H and O–H groups in total. The lowest BCUT2D eigenvalue weighted by Crippen LogP contribution is -2.12. The number of furan rings is 1. The van der Waals surface area contributed by atoms with E-state index in [1.165, 1.54) is 13.2 Å². The summed E-state index contributed by atoms with van der Waals surface area (Å²) in [7, 11) is 1.30. The number of aryl methyl sites for hydroxylation is 1. The Morgan fingerprint density at radius 3 is 2.94 bits per heavy atom. The van der Waals surface area contributed by atoms with E-state index in [0.29, 0.717) is 23.6 Å². The molecule has 1 saturated heterocycles. The van der Waals surface area contributed by atoms with Gasteiger partial charge in [0.25, 0.3) is 0 Å². The van der Waals surface area contributed by atoms with Crippen LogP contribution in [-0.2, 0) is 9.47 Å². The highest BCUT2D eigenvalue weighted by Crippen LogP contribution is 2.25. The zero-order valence-electron chi connectivity index (χ0n) is 8.90. The quantitative estimate of drug-likeness (QED) is 0.764. The highest BCUT2D eigenvalue weighted by molar-refractivity contribution is 5.90. The molecule has 2 heterocycles. The van der Waals surface area contributed by atoms with Gasteiger partial charge in [0, 0.05) is 0 Å². The van der Waals surface area contributed by atoms with Gasteiger partial charge in [0.05, 0.1) is 13.7 Å². The second-order valence-electron chi connectivity index (χ2n) is 3.39. The Morgan fingerprint density at radius 1 is 1.62 bits per heavy atom. The number of nitrogens with one attached hydrogen (secondary N) is 1. The first-order chi connectivity index (χ1) is 7.61. The van der Waals surface area contributed by atoms with Crippen molar-refractivity contribution in [2.24, 2.45) is 0 Å². The topological polar surface area (TPSA) is 77.8 Å². The fraction of sp³-hybridized carbons (Fsp3) is 0.400. The van der Waals surface area contributed by atoms with Crippen LogP contribution in [0.3, 0.4) is 0 Å². The molecular formula is C10H11NO5. The van der Waals surface area contributed by atoms with Gasteiger partial charge in [0.15, 0.2) is 6.10 Å². The van der Waals surface area contributed by atoms with Gasteiger partial charge >= 0.3 is 12.1 Å². The number of hydrogen-bond donors (Lipinski definition) is 1. The maximum atomic E-state index is 11.3. The number of alkyl carbamates (subject to hydrolysis) is 1. The summed E-state index contributed by atoms with van der Waals surface area (Å²) in [6.45, 7) is 1.99. The third kappa shape index (κ3) is 1.73. The minimum Gasteiger partial charge on any atom is -0.465 e. The van der Waals surface area contributed by atoms with E-state index >= 15 is 0 Å². The molecule has 0 bridgehead atoms. The maximum Gasteiger partial charge on any atom is 0.408 e. The van der Waals surface area contributed by atoms with Crippen LogP contribution in [0.4, 0.5) is 4.79 Å². The first-order valence-electron chi connectivity index (χ1n) is 4.75. The van der Waals surface area contributed by atoms with E-state index in [4.69, 9.17) is 9.15 Å². The van der Waals surface area contributed by atoms with Crippen molar-refractivity contribution in [1.29, 1.82) is 0 Å². The minimum absolute atomic E-state index is 0.340. The highest BCUT2D eigenvalue weighted by atomic mass is 16.6. The Kier molecular flexibility index (Phi) is 2.55. The summed E-state index contributed by atoms with van der Waals surface area (Å²) in [4.78, 5) is 22.2. The van der Waals surface area contributed by atoms with Gasteiger partial charge in [-0.2, -0.15) is 0 Å². The molecule has 1 aliphatic heterocycles. The number of carbonyl (C=O) groups excluding carboxylic acids is 2. The Morgan fingerprint density at radius 2 is 2.38 bits per heavy atom. The Balaban J connectivity index is 2.24. The molecule has 0 radical (unpaired) electrons. The van der Waals surface area contributed by atoms with Gasteiger partial charge in [-0.3, -0.25) is 0 Å². The van der Waals surface area contributed by atoms with Gasteiger partial charge < -0.3 is 19.2 Å². The Hall–Kier alpha value is -1.98. The van der Waals surface area contributed by atoms with Crippen LogP contribution in [-0.4, -0.2) is 25.7 Å². The fourth-order valence-electron chi connectivity index (χ4n) is 1.52. The molecule has 1 fully saturated rings. The van der Waals surface area contributed by atoms with Crippen molar-refractivity contribution in [2.75, 3.05) is 13.7 Å². The molecule has 16 heavy (non-hydrogen) atoms. The number of cyclic esters (lactones) is 1. The average molecular weight is 225 g/mol. The van der Waals surface area contributed by atoms with Gasteiger partial charge in [-0.25, -0.2) is 9.59 Å².